The number of amides is 1. The maximum Gasteiger partial charge on any atom is 0.439 e. The van der Waals surface area contributed by atoms with Crippen molar-refractivity contribution >= 4 is 62.4 Å². The number of sulfonamides is 1. The quantitative estimate of drug-likeness (QED) is 0.158. The van der Waals surface area contributed by atoms with E-state index in [1.165, 1.54) is 36.0 Å². The molecular formula is C26H23ClN4O8S3. The van der Waals surface area contributed by atoms with Crippen LogP contribution in [0.3, 0.4) is 0 Å². The first kappa shape index (κ1) is 31.2. The van der Waals surface area contributed by atoms with E-state index in [2.05, 4.69) is 24.7 Å². The Bertz CT molecular complexity index is 1770. The molecule has 4 aromatic rings. The topological polar surface area (TPSA) is 189 Å². The molecule has 1 amide bonds. The fraction of sp³-hybridized carbons (Fsp3) is 0.192. The Hall–Kier alpha value is -3.76. The Morgan fingerprint density at radius 1 is 1.12 bits per heavy atom. The minimum atomic E-state index is -3.98. The van der Waals surface area contributed by atoms with Gasteiger partial charge in [-0.15, -0.1) is 23.1 Å². The normalized spacial score (nSPS) is 12.1. The van der Waals surface area contributed by atoms with Gasteiger partial charge in [-0.05, 0) is 35.9 Å². The van der Waals surface area contributed by atoms with Gasteiger partial charge in [-0.25, -0.2) is 17.9 Å². The molecule has 12 nitrogen and oxygen atoms in total. The summed E-state index contributed by atoms with van der Waals surface area (Å²) < 4.78 is 32.6. The van der Waals surface area contributed by atoms with E-state index < -0.39 is 45.9 Å². The lowest BCUT2D eigenvalue weighted by atomic mass is 10.1. The van der Waals surface area contributed by atoms with E-state index in [0.717, 1.165) is 16.9 Å². The van der Waals surface area contributed by atoms with Crippen molar-refractivity contribution in [2.75, 3.05) is 5.75 Å². The van der Waals surface area contributed by atoms with Gasteiger partial charge < -0.3 is 10.4 Å². The molecule has 220 valence electrons. The minimum Gasteiger partial charge on any atom is -0.481 e. The van der Waals surface area contributed by atoms with E-state index in [1.807, 2.05) is 12.1 Å². The number of carboxylic acids is 1. The molecule has 0 aliphatic rings. The highest BCUT2D eigenvalue weighted by molar-refractivity contribution is 7.99. The average molecular weight is 651 g/mol. The van der Waals surface area contributed by atoms with E-state index in [1.54, 1.807) is 24.3 Å². The van der Waals surface area contributed by atoms with Crippen molar-refractivity contribution in [1.29, 1.82) is 0 Å². The molecule has 2 aromatic carbocycles. The predicted octanol–water partition coefficient (Wildman–Crippen LogP) is 3.30. The van der Waals surface area contributed by atoms with Gasteiger partial charge in [-0.1, -0.05) is 47.1 Å². The van der Waals surface area contributed by atoms with Gasteiger partial charge in [-0.3, -0.25) is 23.9 Å². The van der Waals surface area contributed by atoms with Crippen molar-refractivity contribution in [1.82, 2.24) is 20.2 Å². The number of thiophene rings is 1. The standard InChI is InChI=1S/C26H23ClN4O8S3/c27-19-7-2-1-4-16(19)13-40-14-21(32)20(11-23(33)34)29-25(35)22-9-8-17(41-22)12-28-42(37,38)18-6-3-5-15(10-18)24-30-26(36)39-31-24/h1-10,20,28H,11-14H2,(H,29,35)(H,33,34)(H,30,31,36)/t20-/m0/s1. The maximum absolute atomic E-state index is 12.8. The van der Waals surface area contributed by atoms with Crippen LogP contribution < -0.4 is 15.8 Å². The zero-order valence-electron chi connectivity index (χ0n) is 21.5. The van der Waals surface area contributed by atoms with E-state index >= 15 is 0 Å². The van der Waals surface area contributed by atoms with Crippen molar-refractivity contribution in [3.63, 3.8) is 0 Å². The molecule has 0 saturated carbocycles. The highest BCUT2D eigenvalue weighted by Crippen LogP contribution is 2.22. The van der Waals surface area contributed by atoms with Crippen molar-refractivity contribution < 1.29 is 32.4 Å². The largest absolute Gasteiger partial charge is 0.481 e. The van der Waals surface area contributed by atoms with Crippen molar-refractivity contribution in [2.24, 2.45) is 0 Å². The van der Waals surface area contributed by atoms with Gasteiger partial charge in [0, 0.05) is 27.8 Å². The molecule has 0 radical (unpaired) electrons. The number of carboxylic acid groups (broad SMARTS) is 1. The number of carbonyl (C=O) groups is 3. The Kier molecular flexibility index (Phi) is 10.3. The van der Waals surface area contributed by atoms with Gasteiger partial charge in [0.05, 0.1) is 28.0 Å². The number of halogens is 1. The number of nitrogens with one attached hydrogen (secondary N) is 3. The number of aromatic amines is 1. The fourth-order valence-electron chi connectivity index (χ4n) is 3.64. The van der Waals surface area contributed by atoms with Gasteiger partial charge in [0.1, 0.15) is 0 Å². The van der Waals surface area contributed by atoms with Crippen LogP contribution in [0.25, 0.3) is 11.4 Å². The van der Waals surface area contributed by atoms with Crippen LogP contribution >= 0.6 is 34.7 Å². The van der Waals surface area contributed by atoms with E-state index in [-0.39, 0.29) is 27.9 Å². The summed E-state index contributed by atoms with van der Waals surface area (Å²) in [5.41, 5.74) is 1.16. The lowest BCUT2D eigenvalue weighted by molar-refractivity contribution is -0.139. The summed E-state index contributed by atoms with van der Waals surface area (Å²) in [6.45, 7) is -0.137. The molecule has 0 spiro atoms. The molecule has 42 heavy (non-hydrogen) atoms. The highest BCUT2D eigenvalue weighted by Gasteiger charge is 2.25. The zero-order valence-corrected chi connectivity index (χ0v) is 24.7. The van der Waals surface area contributed by atoms with Gasteiger partial charge in [-0.2, -0.15) is 0 Å². The summed E-state index contributed by atoms with van der Waals surface area (Å²) in [7, 11) is -3.98. The minimum absolute atomic E-state index is 0.0329. The second kappa shape index (κ2) is 13.9. The van der Waals surface area contributed by atoms with Crippen molar-refractivity contribution in [3.05, 3.63) is 91.6 Å². The monoisotopic (exact) mass is 650 g/mol. The Morgan fingerprint density at radius 3 is 2.62 bits per heavy atom. The molecule has 16 heteroatoms. The van der Waals surface area contributed by atoms with Crippen molar-refractivity contribution in [2.45, 2.75) is 29.7 Å². The number of benzene rings is 2. The smallest absolute Gasteiger partial charge is 0.439 e. The highest BCUT2D eigenvalue weighted by atomic mass is 35.5. The van der Waals surface area contributed by atoms with Gasteiger partial charge in [0.25, 0.3) is 5.91 Å². The summed E-state index contributed by atoms with van der Waals surface area (Å²) in [6, 6.07) is 14.6. The Balaban J connectivity index is 1.35. The molecule has 1 atom stereocenters. The summed E-state index contributed by atoms with van der Waals surface area (Å²) in [6.07, 6.45) is -0.587. The molecule has 4 rings (SSSR count). The summed E-state index contributed by atoms with van der Waals surface area (Å²) >= 11 is 8.38. The number of H-pyrrole nitrogens is 1. The summed E-state index contributed by atoms with van der Waals surface area (Å²) in [4.78, 5) is 51.1. The van der Waals surface area contributed by atoms with Crippen LogP contribution in [0.15, 0.2) is 74.9 Å². The Labute approximate surface area is 252 Å². The molecule has 0 unspecified atom stereocenters. The average Bonchev–Trinajstić information content (AvgIpc) is 3.62. The number of Topliss-reactive ketones (excluding diaryl/α,β-unsaturated/α-hetero) is 1. The third-order valence-corrected chi connectivity index (χ3v) is 9.57. The SMILES string of the molecule is O=C(O)C[C@H](NC(=O)c1ccc(CNS(=O)(=O)c2cccc(-c3noc(=O)[nH]3)c2)s1)C(=O)CSCc1ccccc1Cl. The van der Waals surface area contributed by atoms with Gasteiger partial charge in [0.2, 0.25) is 10.0 Å². The molecule has 0 saturated heterocycles. The first-order valence-electron chi connectivity index (χ1n) is 12.1. The third kappa shape index (κ3) is 8.39. The lowest BCUT2D eigenvalue weighted by Crippen LogP contribution is -2.43. The van der Waals surface area contributed by atoms with Crippen LogP contribution in [0, 0.1) is 0 Å². The van der Waals surface area contributed by atoms with Crippen LogP contribution in [0.4, 0.5) is 0 Å². The summed E-state index contributed by atoms with van der Waals surface area (Å²) in [5, 5.41) is 15.9. The summed E-state index contributed by atoms with van der Waals surface area (Å²) in [5.74, 6) is -2.65. The first-order chi connectivity index (χ1) is 20.0. The van der Waals surface area contributed by atoms with E-state index in [4.69, 9.17) is 11.6 Å². The molecule has 2 heterocycles. The van der Waals surface area contributed by atoms with Crippen LogP contribution in [-0.2, 0) is 31.9 Å². The van der Waals surface area contributed by atoms with Crippen LogP contribution in [-0.4, -0.2) is 53.1 Å². The van der Waals surface area contributed by atoms with Crippen LogP contribution in [0.2, 0.25) is 5.02 Å². The maximum atomic E-state index is 12.8. The molecule has 0 fully saturated rings. The number of nitrogens with zero attached hydrogens (tertiary/aromatic N) is 1. The van der Waals surface area contributed by atoms with Crippen molar-refractivity contribution in [3.8, 4) is 11.4 Å². The first-order valence-corrected chi connectivity index (χ1v) is 16.0. The molecule has 0 bridgehead atoms. The number of hydrogen-bond donors (Lipinski definition) is 4. The number of hydrogen-bond acceptors (Lipinski definition) is 10. The second-order valence-electron chi connectivity index (χ2n) is 8.74. The van der Waals surface area contributed by atoms with Crippen LogP contribution in [0.5, 0.6) is 0 Å². The van der Waals surface area contributed by atoms with Gasteiger partial charge >= 0.3 is 11.7 Å². The second-order valence-corrected chi connectivity index (χ2v) is 13.1. The number of aliphatic carboxylic acids is 1. The molecular weight excluding hydrogens is 628 g/mol. The number of rotatable bonds is 14. The molecule has 0 aliphatic carbocycles. The lowest BCUT2D eigenvalue weighted by Gasteiger charge is -2.15. The number of carbonyl (C=O) groups excluding carboxylic acids is 2. The van der Waals surface area contributed by atoms with Crippen LogP contribution in [0.1, 0.15) is 26.5 Å². The number of thioether (sulfide) groups is 1. The van der Waals surface area contributed by atoms with E-state index in [9.17, 15) is 32.7 Å². The fourth-order valence-corrected chi connectivity index (χ4v) is 6.89. The Morgan fingerprint density at radius 2 is 1.90 bits per heavy atom. The predicted molar refractivity (Wildman–Crippen MR) is 157 cm³/mol. The molecule has 2 aromatic heterocycles. The number of aromatic nitrogens is 2. The number of ketones is 1. The van der Waals surface area contributed by atoms with E-state index in [0.29, 0.717) is 21.2 Å². The molecule has 4 N–H and O–H groups in total. The molecule has 0 aliphatic heterocycles. The zero-order chi connectivity index (χ0) is 30.3. The van der Waals surface area contributed by atoms with Gasteiger partial charge in [0.15, 0.2) is 11.6 Å². The third-order valence-electron chi connectivity index (χ3n) is 5.71.